The molecule has 2 aromatic carbocycles. The monoisotopic (exact) mass is 398 g/mol. The van der Waals surface area contributed by atoms with E-state index in [1.165, 1.54) is 36.0 Å². The molecule has 0 spiro atoms. The molecule has 2 atom stereocenters. The molecule has 0 radical (unpaired) electrons. The Morgan fingerprint density at radius 3 is 2.68 bits per heavy atom. The Morgan fingerprint density at radius 1 is 1.18 bits per heavy atom. The second kappa shape index (κ2) is 10.1. The van der Waals surface area contributed by atoms with Crippen LogP contribution in [0.5, 0.6) is 0 Å². The summed E-state index contributed by atoms with van der Waals surface area (Å²) >= 11 is 5.97. The first-order chi connectivity index (χ1) is 13.5. The van der Waals surface area contributed by atoms with Crippen LogP contribution in [0.25, 0.3) is 0 Å². The lowest BCUT2D eigenvalue weighted by Crippen LogP contribution is -2.41. The van der Waals surface area contributed by atoms with Gasteiger partial charge in [0.05, 0.1) is 0 Å². The van der Waals surface area contributed by atoms with E-state index in [4.69, 9.17) is 11.6 Å². The maximum Gasteiger partial charge on any atom is 0.221 e. The van der Waals surface area contributed by atoms with Gasteiger partial charge >= 0.3 is 0 Å². The topological polar surface area (TPSA) is 41.1 Å². The summed E-state index contributed by atoms with van der Waals surface area (Å²) in [7, 11) is 0. The van der Waals surface area contributed by atoms with Gasteiger partial charge in [0.15, 0.2) is 0 Å². The number of rotatable bonds is 8. The zero-order valence-electron chi connectivity index (χ0n) is 16.9. The molecule has 0 aliphatic heterocycles. The lowest BCUT2D eigenvalue weighted by molar-refractivity contribution is -0.114. The number of carbonyl (C=O) groups is 1. The minimum Gasteiger partial charge on any atom is -0.326 e. The summed E-state index contributed by atoms with van der Waals surface area (Å²) in [5, 5.41) is 7.60. The van der Waals surface area contributed by atoms with Gasteiger partial charge in [-0.2, -0.15) is 0 Å². The number of fused-ring (bicyclic) bond motifs is 1. The van der Waals surface area contributed by atoms with Crippen LogP contribution < -0.4 is 10.6 Å². The van der Waals surface area contributed by atoms with Crippen LogP contribution in [0, 0.1) is 0 Å². The Bertz CT molecular complexity index is 788. The molecule has 28 heavy (non-hydrogen) atoms. The lowest BCUT2D eigenvalue weighted by atomic mass is 9.87. The third kappa shape index (κ3) is 6.08. The number of anilines is 1. The first kappa shape index (κ1) is 20.9. The number of carbonyl (C=O) groups excluding carboxylic acids is 1. The second-order valence-corrected chi connectivity index (χ2v) is 8.33. The van der Waals surface area contributed by atoms with Crippen molar-refractivity contribution in [1.82, 2.24) is 5.32 Å². The summed E-state index contributed by atoms with van der Waals surface area (Å²) in [5.74, 6) is -0.0165. The van der Waals surface area contributed by atoms with E-state index in [-0.39, 0.29) is 5.91 Å². The highest BCUT2D eigenvalue weighted by atomic mass is 35.5. The Kier molecular flexibility index (Phi) is 7.52. The van der Waals surface area contributed by atoms with Gasteiger partial charge in [-0.05, 0) is 85.9 Å². The summed E-state index contributed by atoms with van der Waals surface area (Å²) in [6.07, 6.45) is 7.95. The van der Waals surface area contributed by atoms with E-state index in [9.17, 15) is 4.79 Å². The number of hydrogen-bond acceptors (Lipinski definition) is 2. The zero-order chi connectivity index (χ0) is 19.9. The van der Waals surface area contributed by atoms with Gasteiger partial charge in [0, 0.05) is 29.7 Å². The molecule has 1 aliphatic rings. The number of hydrogen-bond donors (Lipinski definition) is 2. The first-order valence-corrected chi connectivity index (χ1v) is 10.8. The third-order valence-corrected chi connectivity index (χ3v) is 5.90. The van der Waals surface area contributed by atoms with E-state index in [0.29, 0.717) is 12.1 Å². The fourth-order valence-electron chi connectivity index (χ4n) is 4.12. The SMILES string of the molecule is CCC(CCCc1ccc(Cl)cc1)NC1CCc2ccc(NC(C)=O)cc2C1. The van der Waals surface area contributed by atoms with Gasteiger partial charge in [-0.3, -0.25) is 4.79 Å². The average molecular weight is 399 g/mol. The summed E-state index contributed by atoms with van der Waals surface area (Å²) in [5.41, 5.74) is 5.05. The fourth-order valence-corrected chi connectivity index (χ4v) is 4.25. The minimum atomic E-state index is -0.0165. The molecule has 4 heteroatoms. The normalized spacial score (nSPS) is 17.0. The molecule has 2 N–H and O–H groups in total. The largest absolute Gasteiger partial charge is 0.326 e. The predicted molar refractivity (Wildman–Crippen MR) is 118 cm³/mol. The van der Waals surface area contributed by atoms with Gasteiger partial charge in [0.25, 0.3) is 0 Å². The molecule has 0 heterocycles. The molecule has 2 aromatic rings. The van der Waals surface area contributed by atoms with E-state index in [1.807, 2.05) is 18.2 Å². The number of benzene rings is 2. The van der Waals surface area contributed by atoms with Crippen molar-refractivity contribution in [3.05, 3.63) is 64.2 Å². The molecule has 1 amide bonds. The van der Waals surface area contributed by atoms with Gasteiger partial charge in [0.1, 0.15) is 0 Å². The van der Waals surface area contributed by atoms with Crippen molar-refractivity contribution in [3.8, 4) is 0 Å². The smallest absolute Gasteiger partial charge is 0.221 e. The molecule has 2 unspecified atom stereocenters. The van der Waals surface area contributed by atoms with Crippen molar-refractivity contribution in [2.75, 3.05) is 5.32 Å². The average Bonchev–Trinajstić information content (AvgIpc) is 2.68. The number of amides is 1. The Morgan fingerprint density at radius 2 is 1.96 bits per heavy atom. The van der Waals surface area contributed by atoms with Crippen LogP contribution >= 0.6 is 11.6 Å². The minimum absolute atomic E-state index is 0.0165. The standard InChI is InChI=1S/C24H31ClN2O/c1-3-22(6-4-5-18-7-11-21(25)12-8-18)27-24-14-10-19-9-13-23(26-17(2)28)15-20(19)16-24/h7-9,11-13,15,22,24,27H,3-6,10,14,16H2,1-2H3,(H,26,28). The quantitative estimate of drug-likeness (QED) is 0.612. The van der Waals surface area contributed by atoms with Crippen molar-refractivity contribution >= 4 is 23.2 Å². The van der Waals surface area contributed by atoms with Crippen molar-refractivity contribution in [2.45, 2.75) is 70.9 Å². The van der Waals surface area contributed by atoms with Crippen molar-refractivity contribution in [1.29, 1.82) is 0 Å². The number of halogens is 1. The number of aryl methyl sites for hydroxylation is 2. The summed E-state index contributed by atoms with van der Waals surface area (Å²) in [4.78, 5) is 11.3. The molecule has 0 saturated heterocycles. The Labute approximate surface area is 173 Å². The van der Waals surface area contributed by atoms with E-state index in [2.05, 4.69) is 41.8 Å². The molecule has 0 fully saturated rings. The lowest BCUT2D eigenvalue weighted by Gasteiger charge is -2.30. The molecular formula is C24H31ClN2O. The maximum atomic E-state index is 11.3. The van der Waals surface area contributed by atoms with E-state index in [0.717, 1.165) is 36.4 Å². The number of nitrogens with one attached hydrogen (secondary N) is 2. The van der Waals surface area contributed by atoms with Crippen LogP contribution in [0.2, 0.25) is 5.02 Å². The molecule has 1 aliphatic carbocycles. The van der Waals surface area contributed by atoms with Gasteiger partial charge < -0.3 is 10.6 Å². The van der Waals surface area contributed by atoms with E-state index >= 15 is 0 Å². The highest BCUT2D eigenvalue weighted by Gasteiger charge is 2.21. The van der Waals surface area contributed by atoms with Crippen LogP contribution in [-0.4, -0.2) is 18.0 Å². The summed E-state index contributed by atoms with van der Waals surface area (Å²) in [6.45, 7) is 3.82. The Balaban J connectivity index is 1.51. The van der Waals surface area contributed by atoms with E-state index < -0.39 is 0 Å². The van der Waals surface area contributed by atoms with Gasteiger partial charge in [-0.1, -0.05) is 36.7 Å². The van der Waals surface area contributed by atoms with Crippen LogP contribution in [0.3, 0.4) is 0 Å². The molecule has 0 aromatic heterocycles. The van der Waals surface area contributed by atoms with Crippen LogP contribution in [-0.2, 0) is 24.1 Å². The fraction of sp³-hybridized carbons (Fsp3) is 0.458. The van der Waals surface area contributed by atoms with Gasteiger partial charge in [-0.15, -0.1) is 0 Å². The van der Waals surface area contributed by atoms with E-state index in [1.54, 1.807) is 6.92 Å². The van der Waals surface area contributed by atoms with Crippen molar-refractivity contribution in [3.63, 3.8) is 0 Å². The van der Waals surface area contributed by atoms with Crippen molar-refractivity contribution < 1.29 is 4.79 Å². The van der Waals surface area contributed by atoms with Gasteiger partial charge in [0.2, 0.25) is 5.91 Å². The molecular weight excluding hydrogens is 368 g/mol. The van der Waals surface area contributed by atoms with Gasteiger partial charge in [-0.25, -0.2) is 0 Å². The van der Waals surface area contributed by atoms with Crippen LogP contribution in [0.4, 0.5) is 5.69 Å². The maximum absolute atomic E-state index is 11.3. The third-order valence-electron chi connectivity index (χ3n) is 5.65. The van der Waals surface area contributed by atoms with Crippen LogP contribution in [0.1, 0.15) is 56.2 Å². The Hall–Kier alpha value is -1.84. The predicted octanol–water partition coefficient (Wildman–Crippen LogP) is 5.55. The molecule has 0 bridgehead atoms. The molecule has 0 saturated carbocycles. The highest BCUT2D eigenvalue weighted by molar-refractivity contribution is 6.30. The molecule has 150 valence electrons. The zero-order valence-corrected chi connectivity index (χ0v) is 17.7. The summed E-state index contributed by atoms with van der Waals surface area (Å²) in [6, 6.07) is 15.6. The van der Waals surface area contributed by atoms with Crippen LogP contribution in [0.15, 0.2) is 42.5 Å². The molecule has 3 nitrogen and oxygen atoms in total. The summed E-state index contributed by atoms with van der Waals surface area (Å²) < 4.78 is 0. The highest BCUT2D eigenvalue weighted by Crippen LogP contribution is 2.25. The molecule has 3 rings (SSSR count). The first-order valence-electron chi connectivity index (χ1n) is 10.4. The van der Waals surface area contributed by atoms with Crippen molar-refractivity contribution in [2.24, 2.45) is 0 Å². The second-order valence-electron chi connectivity index (χ2n) is 7.89.